The van der Waals surface area contributed by atoms with Gasteiger partial charge in [-0.25, -0.2) is 9.78 Å². The molecule has 0 aromatic carbocycles. The molecule has 0 aliphatic rings. The number of rotatable bonds is 4. The van der Waals surface area contributed by atoms with Gasteiger partial charge in [0.2, 0.25) is 5.88 Å². The molecule has 0 radical (unpaired) electrons. The summed E-state index contributed by atoms with van der Waals surface area (Å²) >= 11 is 0. The molecule has 5 heteroatoms. The van der Waals surface area contributed by atoms with Crippen LogP contribution in [-0.2, 0) is 4.74 Å². The van der Waals surface area contributed by atoms with Gasteiger partial charge in [0.1, 0.15) is 5.56 Å². The molecule has 2 rings (SSSR count). The summed E-state index contributed by atoms with van der Waals surface area (Å²) < 4.78 is 10.1. The Morgan fingerprint density at radius 3 is 2.79 bits per heavy atom. The van der Waals surface area contributed by atoms with Crippen LogP contribution in [0.1, 0.15) is 17.3 Å². The summed E-state index contributed by atoms with van der Waals surface area (Å²) in [7, 11) is 1.47. The zero-order valence-electron chi connectivity index (χ0n) is 10.8. The van der Waals surface area contributed by atoms with Gasteiger partial charge >= 0.3 is 5.97 Å². The average molecular weight is 258 g/mol. The zero-order valence-corrected chi connectivity index (χ0v) is 10.8. The van der Waals surface area contributed by atoms with Crippen molar-refractivity contribution in [2.75, 3.05) is 13.7 Å². The second-order valence-electron chi connectivity index (χ2n) is 3.74. The molecule has 5 nitrogen and oxygen atoms in total. The number of aromatic nitrogens is 2. The number of ether oxygens (including phenoxy) is 2. The van der Waals surface area contributed by atoms with Crippen LogP contribution in [0, 0.1) is 0 Å². The summed E-state index contributed by atoms with van der Waals surface area (Å²) in [5, 5.41) is 0. The Kier molecular flexibility index (Phi) is 4.07. The zero-order chi connectivity index (χ0) is 13.7. The Morgan fingerprint density at radius 2 is 2.16 bits per heavy atom. The predicted octanol–water partition coefficient (Wildman–Crippen LogP) is 2.33. The Morgan fingerprint density at radius 1 is 1.32 bits per heavy atom. The fourth-order valence-corrected chi connectivity index (χ4v) is 1.66. The van der Waals surface area contributed by atoms with E-state index in [9.17, 15) is 4.79 Å². The van der Waals surface area contributed by atoms with Crippen molar-refractivity contribution in [3.63, 3.8) is 0 Å². The third-order valence-electron chi connectivity index (χ3n) is 2.53. The smallest absolute Gasteiger partial charge is 0.343 e. The third kappa shape index (κ3) is 2.88. The fraction of sp³-hybridized carbons (Fsp3) is 0.214. The summed E-state index contributed by atoms with van der Waals surface area (Å²) in [5.41, 5.74) is 1.98. The van der Waals surface area contributed by atoms with Gasteiger partial charge in [-0.2, -0.15) is 0 Å². The highest BCUT2D eigenvalue weighted by Gasteiger charge is 2.16. The predicted molar refractivity (Wildman–Crippen MR) is 70.0 cm³/mol. The van der Waals surface area contributed by atoms with Crippen LogP contribution in [0.2, 0.25) is 0 Å². The first-order valence-corrected chi connectivity index (χ1v) is 5.87. The van der Waals surface area contributed by atoms with E-state index in [1.807, 2.05) is 12.1 Å². The third-order valence-corrected chi connectivity index (χ3v) is 2.53. The molecule has 0 amide bonds. The lowest BCUT2D eigenvalue weighted by Crippen LogP contribution is -2.08. The monoisotopic (exact) mass is 258 g/mol. The molecular weight excluding hydrogens is 244 g/mol. The molecule has 98 valence electrons. The van der Waals surface area contributed by atoms with Crippen molar-refractivity contribution in [3.05, 3.63) is 42.4 Å². The van der Waals surface area contributed by atoms with E-state index in [0.29, 0.717) is 12.2 Å². The molecule has 0 unspecified atom stereocenters. The number of esters is 1. The van der Waals surface area contributed by atoms with Crippen molar-refractivity contribution in [1.82, 2.24) is 9.97 Å². The number of carbonyl (C=O) groups excluding carboxylic acids is 1. The molecule has 2 heterocycles. The lowest BCUT2D eigenvalue weighted by molar-refractivity contribution is 0.0522. The summed E-state index contributed by atoms with van der Waals surface area (Å²) in [6.45, 7) is 2.06. The first kappa shape index (κ1) is 13.0. The number of hydrogen-bond donors (Lipinski definition) is 0. The van der Waals surface area contributed by atoms with Crippen LogP contribution in [0.4, 0.5) is 0 Å². The van der Waals surface area contributed by atoms with Gasteiger partial charge in [-0.05, 0) is 19.1 Å². The van der Waals surface area contributed by atoms with Crippen LogP contribution in [0.3, 0.4) is 0 Å². The van der Waals surface area contributed by atoms with Crippen LogP contribution in [0.5, 0.6) is 5.88 Å². The largest absolute Gasteiger partial charge is 0.480 e. The Balaban J connectivity index is 2.44. The maximum Gasteiger partial charge on any atom is 0.343 e. The van der Waals surface area contributed by atoms with E-state index < -0.39 is 5.97 Å². The van der Waals surface area contributed by atoms with E-state index >= 15 is 0 Å². The number of carbonyl (C=O) groups is 1. The standard InChI is InChI=1S/C14H14N2O3/c1-3-19-14(17)12-7-11(9-16-13(12)18-2)10-5-4-6-15-8-10/h4-9H,3H2,1-2H3. The van der Waals surface area contributed by atoms with Crippen molar-refractivity contribution in [3.8, 4) is 17.0 Å². The normalized spacial score (nSPS) is 10.0. The number of nitrogens with zero attached hydrogens (tertiary/aromatic N) is 2. The molecule has 0 aliphatic carbocycles. The van der Waals surface area contributed by atoms with Gasteiger partial charge in [-0.1, -0.05) is 6.07 Å². The Bertz CT molecular complexity index is 570. The molecule has 0 N–H and O–H groups in total. The highest BCUT2D eigenvalue weighted by molar-refractivity contribution is 5.93. The number of hydrogen-bond acceptors (Lipinski definition) is 5. The van der Waals surface area contributed by atoms with Gasteiger partial charge in [-0.3, -0.25) is 4.98 Å². The SMILES string of the molecule is CCOC(=O)c1cc(-c2cccnc2)cnc1OC. The lowest BCUT2D eigenvalue weighted by Gasteiger charge is -2.08. The van der Waals surface area contributed by atoms with E-state index in [1.54, 1.807) is 31.6 Å². The molecule has 2 aromatic heterocycles. The second kappa shape index (κ2) is 5.95. The van der Waals surface area contributed by atoms with Gasteiger partial charge in [0.05, 0.1) is 13.7 Å². The highest BCUT2D eigenvalue weighted by Crippen LogP contribution is 2.24. The van der Waals surface area contributed by atoms with Gasteiger partial charge in [0.15, 0.2) is 0 Å². The minimum atomic E-state index is -0.447. The molecule has 0 saturated carbocycles. The minimum absolute atomic E-state index is 0.256. The molecule has 0 aliphatic heterocycles. The average Bonchev–Trinajstić information content (AvgIpc) is 2.47. The van der Waals surface area contributed by atoms with E-state index in [2.05, 4.69) is 9.97 Å². The van der Waals surface area contributed by atoms with Crippen LogP contribution in [-0.4, -0.2) is 29.7 Å². The first-order chi connectivity index (χ1) is 9.26. The molecular formula is C14H14N2O3. The lowest BCUT2D eigenvalue weighted by atomic mass is 10.1. The van der Waals surface area contributed by atoms with Gasteiger partial charge in [0, 0.05) is 29.7 Å². The van der Waals surface area contributed by atoms with Gasteiger partial charge < -0.3 is 9.47 Å². The fourth-order valence-electron chi connectivity index (χ4n) is 1.66. The topological polar surface area (TPSA) is 61.3 Å². The molecule has 19 heavy (non-hydrogen) atoms. The molecule has 0 saturated heterocycles. The quantitative estimate of drug-likeness (QED) is 0.788. The van der Waals surface area contributed by atoms with Gasteiger partial charge in [0.25, 0.3) is 0 Å². The van der Waals surface area contributed by atoms with Gasteiger partial charge in [-0.15, -0.1) is 0 Å². The summed E-state index contributed by atoms with van der Waals surface area (Å²) in [5.74, 6) is -0.191. The van der Waals surface area contributed by atoms with Crippen molar-refractivity contribution >= 4 is 5.97 Å². The highest BCUT2D eigenvalue weighted by atomic mass is 16.5. The number of methoxy groups -OCH3 is 1. The van der Waals surface area contributed by atoms with Crippen molar-refractivity contribution < 1.29 is 14.3 Å². The second-order valence-corrected chi connectivity index (χ2v) is 3.74. The van der Waals surface area contributed by atoms with Crippen molar-refractivity contribution in [2.45, 2.75) is 6.92 Å². The van der Waals surface area contributed by atoms with E-state index in [0.717, 1.165) is 11.1 Å². The Hall–Kier alpha value is -2.43. The number of pyridine rings is 2. The van der Waals surface area contributed by atoms with E-state index in [4.69, 9.17) is 9.47 Å². The van der Waals surface area contributed by atoms with E-state index in [1.165, 1.54) is 7.11 Å². The minimum Gasteiger partial charge on any atom is -0.480 e. The summed E-state index contributed by atoms with van der Waals surface area (Å²) in [6, 6.07) is 5.41. The van der Waals surface area contributed by atoms with E-state index in [-0.39, 0.29) is 5.88 Å². The maximum absolute atomic E-state index is 11.9. The molecule has 0 fully saturated rings. The first-order valence-electron chi connectivity index (χ1n) is 5.87. The van der Waals surface area contributed by atoms with Crippen LogP contribution in [0.15, 0.2) is 36.8 Å². The van der Waals surface area contributed by atoms with Crippen molar-refractivity contribution in [1.29, 1.82) is 0 Å². The Labute approximate surface area is 111 Å². The van der Waals surface area contributed by atoms with Crippen LogP contribution >= 0.6 is 0 Å². The van der Waals surface area contributed by atoms with Crippen molar-refractivity contribution in [2.24, 2.45) is 0 Å². The summed E-state index contributed by atoms with van der Waals surface area (Å²) in [4.78, 5) is 20.0. The molecule has 0 bridgehead atoms. The molecule has 0 atom stereocenters. The molecule has 2 aromatic rings. The molecule has 0 spiro atoms. The van der Waals surface area contributed by atoms with Crippen LogP contribution < -0.4 is 4.74 Å². The summed E-state index contributed by atoms with van der Waals surface area (Å²) in [6.07, 6.45) is 5.03. The van der Waals surface area contributed by atoms with Crippen LogP contribution in [0.25, 0.3) is 11.1 Å². The maximum atomic E-state index is 11.9.